The number of rotatable bonds is 10. The predicted molar refractivity (Wildman–Crippen MR) is 118 cm³/mol. The van der Waals surface area contributed by atoms with Gasteiger partial charge >= 0.3 is 11.8 Å². The summed E-state index contributed by atoms with van der Waals surface area (Å²) >= 11 is 3.33. The van der Waals surface area contributed by atoms with Crippen LogP contribution in [0, 0.1) is 0 Å². The van der Waals surface area contributed by atoms with Gasteiger partial charge in [-0.05, 0) is 42.5 Å². The maximum atomic E-state index is 12.2. The van der Waals surface area contributed by atoms with E-state index < -0.39 is 5.91 Å². The third-order valence-corrected chi connectivity index (χ3v) is 4.71. The summed E-state index contributed by atoms with van der Waals surface area (Å²) in [5, 5.41) is 9.07. The van der Waals surface area contributed by atoms with Crippen molar-refractivity contribution in [1.82, 2.24) is 20.8 Å². The van der Waals surface area contributed by atoms with Crippen molar-refractivity contribution in [2.75, 3.05) is 33.9 Å². The fourth-order valence-electron chi connectivity index (χ4n) is 2.59. The van der Waals surface area contributed by atoms with Crippen LogP contribution in [0.1, 0.15) is 10.7 Å². The van der Waals surface area contributed by atoms with Gasteiger partial charge in [0.15, 0.2) is 18.1 Å². The van der Waals surface area contributed by atoms with Gasteiger partial charge in [0.1, 0.15) is 5.75 Å². The minimum absolute atomic E-state index is 0.131. The van der Waals surface area contributed by atoms with Crippen molar-refractivity contribution in [2.45, 2.75) is 0 Å². The summed E-state index contributed by atoms with van der Waals surface area (Å²) in [5.41, 5.74) is 0.600. The number of hydrogen-bond donors (Lipinski definition) is 2. The van der Waals surface area contributed by atoms with E-state index in [0.717, 1.165) is 4.47 Å². The highest BCUT2D eigenvalue weighted by atomic mass is 79.9. The molecule has 0 bridgehead atoms. The van der Waals surface area contributed by atoms with E-state index in [0.29, 0.717) is 22.8 Å². The molecule has 0 atom stereocenters. The highest BCUT2D eigenvalue weighted by Crippen LogP contribution is 2.31. The number of methoxy groups -OCH3 is 2. The minimum Gasteiger partial charge on any atom is -0.493 e. The number of hydrogen-bond acceptors (Lipinski definition) is 8. The molecule has 0 aliphatic heterocycles. The average Bonchev–Trinajstić information content (AvgIpc) is 3.31. The number of nitrogens with zero attached hydrogens (tertiary/aromatic N) is 2. The Morgan fingerprint density at radius 2 is 1.72 bits per heavy atom. The Labute approximate surface area is 192 Å². The smallest absolute Gasteiger partial charge is 0.316 e. The minimum atomic E-state index is -0.551. The molecule has 2 N–H and O–H groups in total. The summed E-state index contributed by atoms with van der Waals surface area (Å²) in [7, 11) is 3.05. The van der Waals surface area contributed by atoms with Gasteiger partial charge in [0, 0.05) is 23.1 Å². The second-order valence-electron chi connectivity index (χ2n) is 6.34. The number of carbonyl (C=O) groups excluding carboxylic acids is 2. The Morgan fingerprint density at radius 1 is 1.00 bits per heavy atom. The van der Waals surface area contributed by atoms with Gasteiger partial charge in [-0.1, -0.05) is 21.1 Å². The highest BCUT2D eigenvalue weighted by molar-refractivity contribution is 9.10. The molecule has 1 heterocycles. The first-order valence-corrected chi connectivity index (χ1v) is 10.3. The van der Waals surface area contributed by atoms with Crippen LogP contribution in [0.5, 0.6) is 17.2 Å². The maximum absolute atomic E-state index is 12.2. The molecule has 3 aromatic rings. The van der Waals surface area contributed by atoms with Gasteiger partial charge < -0.3 is 29.4 Å². The second-order valence-corrected chi connectivity index (χ2v) is 7.26. The number of carbonyl (C=O) groups is 2. The number of nitrogens with one attached hydrogen (secondary N) is 2. The molecule has 2 aromatic carbocycles. The lowest BCUT2D eigenvalue weighted by atomic mass is 10.2. The van der Waals surface area contributed by atoms with Gasteiger partial charge in [-0.15, -0.1) is 0 Å². The molecule has 0 saturated carbocycles. The molecule has 0 radical (unpaired) electrons. The molecular formula is C21H21BrN4O6. The predicted octanol–water partition coefficient (Wildman–Crippen LogP) is 2.44. The van der Waals surface area contributed by atoms with Crippen LogP contribution in [0.15, 0.2) is 51.5 Å². The maximum Gasteiger partial charge on any atom is 0.316 e. The quantitative estimate of drug-likeness (QED) is 0.403. The Bertz CT molecular complexity index is 1070. The van der Waals surface area contributed by atoms with Crippen LogP contribution in [0.2, 0.25) is 0 Å². The van der Waals surface area contributed by atoms with Crippen LogP contribution in [0.3, 0.4) is 0 Å². The fraction of sp³-hybridized carbons (Fsp3) is 0.238. The van der Waals surface area contributed by atoms with E-state index in [1.54, 1.807) is 30.3 Å². The summed E-state index contributed by atoms with van der Waals surface area (Å²) in [4.78, 5) is 28.1. The number of amides is 2. The van der Waals surface area contributed by atoms with E-state index in [4.69, 9.17) is 18.7 Å². The summed E-state index contributed by atoms with van der Waals surface area (Å²) in [6, 6.07) is 12.2. The molecule has 0 unspecified atom stereocenters. The first-order valence-electron chi connectivity index (χ1n) is 9.49. The van der Waals surface area contributed by atoms with E-state index in [-0.39, 0.29) is 37.3 Å². The zero-order valence-corrected chi connectivity index (χ0v) is 19.0. The lowest BCUT2D eigenvalue weighted by Gasteiger charge is -2.08. The number of halogens is 1. The molecule has 3 rings (SSSR count). The Kier molecular flexibility index (Phi) is 8.03. The number of ether oxygens (including phenoxy) is 3. The van der Waals surface area contributed by atoms with Gasteiger partial charge in [0.2, 0.25) is 5.82 Å². The highest BCUT2D eigenvalue weighted by Gasteiger charge is 2.17. The molecule has 0 saturated heterocycles. The largest absolute Gasteiger partial charge is 0.493 e. The van der Waals surface area contributed by atoms with Gasteiger partial charge in [-0.2, -0.15) is 4.98 Å². The molecule has 0 spiro atoms. The average molecular weight is 505 g/mol. The SMILES string of the molecule is COc1ccc(-c2noc(C(=O)NCCNC(=O)COc3ccc(Br)cc3)n2)cc1OC. The molecule has 2 amide bonds. The molecule has 0 aliphatic rings. The molecule has 10 nitrogen and oxygen atoms in total. The van der Waals surface area contributed by atoms with Crippen LogP contribution in [0.4, 0.5) is 0 Å². The molecule has 11 heteroatoms. The van der Waals surface area contributed by atoms with E-state index in [2.05, 4.69) is 36.7 Å². The summed E-state index contributed by atoms with van der Waals surface area (Å²) < 4.78 is 21.8. The Morgan fingerprint density at radius 3 is 2.44 bits per heavy atom. The van der Waals surface area contributed by atoms with E-state index in [1.165, 1.54) is 14.2 Å². The first-order chi connectivity index (χ1) is 15.5. The third kappa shape index (κ3) is 6.20. The Hall–Kier alpha value is -3.60. The summed E-state index contributed by atoms with van der Waals surface area (Å²) in [5.74, 6) is 0.815. The lowest BCUT2D eigenvalue weighted by molar-refractivity contribution is -0.123. The van der Waals surface area contributed by atoms with Gasteiger partial charge in [-0.25, -0.2) is 0 Å². The standard InChI is InChI=1S/C21H21BrN4O6/c1-29-16-8-3-13(11-17(16)30-2)19-25-21(32-26-19)20(28)24-10-9-23-18(27)12-31-15-6-4-14(22)5-7-15/h3-8,11H,9-10,12H2,1-2H3,(H,23,27)(H,24,28). The van der Waals surface area contributed by atoms with Gasteiger partial charge in [0.05, 0.1) is 14.2 Å². The normalized spacial score (nSPS) is 10.3. The molecule has 0 aliphatic carbocycles. The molecular weight excluding hydrogens is 484 g/mol. The lowest BCUT2D eigenvalue weighted by Crippen LogP contribution is -2.36. The number of aromatic nitrogens is 2. The van der Waals surface area contributed by atoms with Gasteiger partial charge in [-0.3, -0.25) is 9.59 Å². The van der Waals surface area contributed by atoms with Crippen LogP contribution in [-0.2, 0) is 4.79 Å². The molecule has 1 aromatic heterocycles. The van der Waals surface area contributed by atoms with Crippen molar-refractivity contribution < 1.29 is 28.3 Å². The van der Waals surface area contributed by atoms with Crippen LogP contribution < -0.4 is 24.8 Å². The fourth-order valence-corrected chi connectivity index (χ4v) is 2.86. The zero-order chi connectivity index (χ0) is 22.9. The van der Waals surface area contributed by atoms with Crippen molar-refractivity contribution in [3.63, 3.8) is 0 Å². The van der Waals surface area contributed by atoms with Gasteiger partial charge in [0.25, 0.3) is 5.91 Å². The zero-order valence-electron chi connectivity index (χ0n) is 17.4. The van der Waals surface area contributed by atoms with Crippen LogP contribution in [0.25, 0.3) is 11.4 Å². The molecule has 168 valence electrons. The van der Waals surface area contributed by atoms with Crippen LogP contribution in [-0.4, -0.2) is 55.9 Å². The molecule has 0 fully saturated rings. The summed E-state index contributed by atoms with van der Waals surface area (Å²) in [6.07, 6.45) is 0. The van der Waals surface area contributed by atoms with Crippen molar-refractivity contribution in [3.8, 4) is 28.6 Å². The topological polar surface area (TPSA) is 125 Å². The van der Waals surface area contributed by atoms with Crippen molar-refractivity contribution >= 4 is 27.7 Å². The summed E-state index contributed by atoms with van der Waals surface area (Å²) in [6.45, 7) is 0.260. The Balaban J connectivity index is 1.43. The van der Waals surface area contributed by atoms with Crippen molar-refractivity contribution in [3.05, 3.63) is 52.8 Å². The third-order valence-electron chi connectivity index (χ3n) is 4.18. The number of benzene rings is 2. The van der Waals surface area contributed by atoms with E-state index in [1.807, 2.05) is 12.1 Å². The van der Waals surface area contributed by atoms with E-state index >= 15 is 0 Å². The van der Waals surface area contributed by atoms with Crippen molar-refractivity contribution in [2.24, 2.45) is 0 Å². The van der Waals surface area contributed by atoms with Crippen molar-refractivity contribution in [1.29, 1.82) is 0 Å². The van der Waals surface area contributed by atoms with Crippen LogP contribution >= 0.6 is 15.9 Å². The molecule has 32 heavy (non-hydrogen) atoms. The van der Waals surface area contributed by atoms with E-state index in [9.17, 15) is 9.59 Å². The second kappa shape index (κ2) is 11.1. The monoisotopic (exact) mass is 504 g/mol. The first kappa shape index (κ1) is 23.1.